The van der Waals surface area contributed by atoms with E-state index < -0.39 is 10.7 Å². The van der Waals surface area contributed by atoms with Gasteiger partial charge >= 0.3 is 5.97 Å². The summed E-state index contributed by atoms with van der Waals surface area (Å²) in [5.41, 5.74) is 0.0922. The number of halogens is 1. The van der Waals surface area contributed by atoms with E-state index in [0.29, 0.717) is 31.0 Å². The van der Waals surface area contributed by atoms with E-state index in [4.69, 9.17) is 4.74 Å². The van der Waals surface area contributed by atoms with Crippen molar-refractivity contribution < 1.29 is 19.0 Å². The fourth-order valence-corrected chi connectivity index (χ4v) is 4.90. The Balaban J connectivity index is 1.78. The minimum Gasteiger partial charge on any atom is -0.480 e. The summed E-state index contributed by atoms with van der Waals surface area (Å²) >= 11 is 1.16. The highest BCUT2D eigenvalue weighted by Crippen LogP contribution is 2.61. The highest BCUT2D eigenvalue weighted by Gasteiger charge is 2.59. The zero-order valence-corrected chi connectivity index (χ0v) is 11.9. The third-order valence-corrected chi connectivity index (χ3v) is 5.81. The van der Waals surface area contributed by atoms with Crippen LogP contribution < -0.4 is 0 Å². The number of carboxylic acid groups (broad SMARTS) is 1. The molecule has 2 fully saturated rings. The van der Waals surface area contributed by atoms with E-state index in [1.165, 1.54) is 6.07 Å². The van der Waals surface area contributed by atoms with Gasteiger partial charge in [-0.2, -0.15) is 0 Å². The van der Waals surface area contributed by atoms with Crippen LogP contribution in [0.25, 0.3) is 0 Å². The van der Waals surface area contributed by atoms with Crippen molar-refractivity contribution in [2.45, 2.75) is 35.3 Å². The van der Waals surface area contributed by atoms with Crippen molar-refractivity contribution in [3.8, 4) is 0 Å². The summed E-state index contributed by atoms with van der Waals surface area (Å²) in [6.45, 7) is 1.42. The van der Waals surface area contributed by atoms with Crippen LogP contribution in [0.2, 0.25) is 0 Å². The molecule has 1 aromatic carbocycles. The molecule has 0 amide bonds. The summed E-state index contributed by atoms with van der Waals surface area (Å²) in [6.07, 6.45) is 3.05. The molecule has 1 spiro atoms. The predicted octanol–water partition coefficient (Wildman–Crippen LogP) is 3.33. The van der Waals surface area contributed by atoms with E-state index in [9.17, 15) is 14.3 Å². The third-order valence-electron chi connectivity index (χ3n) is 4.41. The molecular formula is C15H17FO3S. The molecule has 0 aromatic heterocycles. The monoisotopic (exact) mass is 296 g/mol. The maximum Gasteiger partial charge on any atom is 0.320 e. The second-order valence-corrected chi connectivity index (χ2v) is 7.22. The van der Waals surface area contributed by atoms with Gasteiger partial charge in [-0.3, -0.25) is 4.79 Å². The van der Waals surface area contributed by atoms with Crippen LogP contribution in [0.1, 0.15) is 25.7 Å². The molecule has 2 aliphatic rings. The summed E-state index contributed by atoms with van der Waals surface area (Å²) in [5.74, 6) is -1.17. The van der Waals surface area contributed by atoms with Crippen molar-refractivity contribution in [1.29, 1.82) is 0 Å². The van der Waals surface area contributed by atoms with Crippen LogP contribution in [0.3, 0.4) is 0 Å². The molecule has 1 aliphatic carbocycles. The molecule has 1 heterocycles. The van der Waals surface area contributed by atoms with Crippen molar-refractivity contribution in [3.05, 3.63) is 30.1 Å². The second-order valence-electron chi connectivity index (χ2n) is 5.80. The zero-order chi connectivity index (χ0) is 14.2. The van der Waals surface area contributed by atoms with Gasteiger partial charge in [-0.25, -0.2) is 4.39 Å². The fourth-order valence-electron chi connectivity index (χ4n) is 3.32. The maximum atomic E-state index is 13.7. The standard InChI is InChI=1S/C15H17FO3S/c16-11-3-1-2-4-12(11)20-15(13(17)18)9-14(10-15)5-7-19-8-6-14/h1-4H,5-10H2,(H,17,18). The molecule has 0 atom stereocenters. The molecule has 5 heteroatoms. The Hall–Kier alpha value is -1.07. The normalized spacial score (nSPS) is 23.2. The molecule has 1 aliphatic heterocycles. The molecule has 1 aromatic rings. The van der Waals surface area contributed by atoms with E-state index in [0.717, 1.165) is 24.6 Å². The topological polar surface area (TPSA) is 46.5 Å². The average Bonchev–Trinajstić information content (AvgIpc) is 2.40. The average molecular weight is 296 g/mol. The summed E-state index contributed by atoms with van der Waals surface area (Å²) in [6, 6.07) is 6.39. The summed E-state index contributed by atoms with van der Waals surface area (Å²) in [5, 5.41) is 9.58. The van der Waals surface area contributed by atoms with E-state index >= 15 is 0 Å². The van der Waals surface area contributed by atoms with Gasteiger partial charge in [-0.1, -0.05) is 12.1 Å². The molecule has 1 saturated heterocycles. The first kappa shape index (κ1) is 13.9. The fraction of sp³-hybridized carbons (Fsp3) is 0.533. The first-order valence-electron chi connectivity index (χ1n) is 6.80. The van der Waals surface area contributed by atoms with Crippen molar-refractivity contribution >= 4 is 17.7 Å². The highest BCUT2D eigenvalue weighted by atomic mass is 32.2. The van der Waals surface area contributed by atoms with Gasteiger partial charge < -0.3 is 9.84 Å². The lowest BCUT2D eigenvalue weighted by Crippen LogP contribution is -2.56. The number of thioether (sulfide) groups is 1. The molecule has 108 valence electrons. The molecule has 0 bridgehead atoms. The molecule has 0 radical (unpaired) electrons. The van der Waals surface area contributed by atoms with Crippen LogP contribution in [-0.2, 0) is 9.53 Å². The Morgan fingerprint density at radius 1 is 1.25 bits per heavy atom. The van der Waals surface area contributed by atoms with Gasteiger partial charge in [0, 0.05) is 18.1 Å². The van der Waals surface area contributed by atoms with Crippen LogP contribution in [0.15, 0.2) is 29.2 Å². The number of aliphatic carboxylic acids is 1. The highest BCUT2D eigenvalue weighted by molar-refractivity contribution is 8.01. The number of carboxylic acids is 1. The van der Waals surface area contributed by atoms with E-state index in [2.05, 4.69) is 0 Å². The molecular weight excluding hydrogens is 279 g/mol. The number of benzene rings is 1. The summed E-state index contributed by atoms with van der Waals surface area (Å²) in [7, 11) is 0. The van der Waals surface area contributed by atoms with Gasteiger partial charge in [-0.05, 0) is 43.2 Å². The first-order chi connectivity index (χ1) is 9.55. The zero-order valence-electron chi connectivity index (χ0n) is 11.1. The van der Waals surface area contributed by atoms with Crippen LogP contribution in [-0.4, -0.2) is 29.0 Å². The quantitative estimate of drug-likeness (QED) is 0.929. The van der Waals surface area contributed by atoms with Gasteiger partial charge in [0.2, 0.25) is 0 Å². The molecule has 3 nitrogen and oxygen atoms in total. The smallest absolute Gasteiger partial charge is 0.320 e. The Morgan fingerprint density at radius 2 is 1.90 bits per heavy atom. The summed E-state index contributed by atoms with van der Waals surface area (Å²) in [4.78, 5) is 12.1. The van der Waals surface area contributed by atoms with Crippen LogP contribution >= 0.6 is 11.8 Å². The van der Waals surface area contributed by atoms with Gasteiger partial charge in [0.25, 0.3) is 0 Å². The van der Waals surface area contributed by atoms with E-state index in [1.54, 1.807) is 18.2 Å². The maximum absolute atomic E-state index is 13.7. The lowest BCUT2D eigenvalue weighted by molar-refractivity contribution is -0.150. The number of hydrogen-bond acceptors (Lipinski definition) is 3. The minimum atomic E-state index is -0.875. The van der Waals surface area contributed by atoms with E-state index in [-0.39, 0.29) is 11.2 Å². The van der Waals surface area contributed by atoms with Crippen LogP contribution in [0.4, 0.5) is 4.39 Å². The Morgan fingerprint density at radius 3 is 2.50 bits per heavy atom. The van der Waals surface area contributed by atoms with Crippen LogP contribution in [0, 0.1) is 11.2 Å². The van der Waals surface area contributed by atoms with Crippen molar-refractivity contribution in [2.24, 2.45) is 5.41 Å². The van der Waals surface area contributed by atoms with Gasteiger partial charge in [-0.15, -0.1) is 11.8 Å². The van der Waals surface area contributed by atoms with Gasteiger partial charge in [0.15, 0.2) is 0 Å². The lowest BCUT2D eigenvalue weighted by Gasteiger charge is -2.55. The van der Waals surface area contributed by atoms with E-state index in [1.807, 2.05) is 0 Å². The summed E-state index contributed by atoms with van der Waals surface area (Å²) < 4.78 is 18.2. The van der Waals surface area contributed by atoms with Gasteiger partial charge in [0.1, 0.15) is 10.6 Å². The third kappa shape index (κ3) is 2.33. The molecule has 1 N–H and O–H groups in total. The van der Waals surface area contributed by atoms with Crippen molar-refractivity contribution in [2.75, 3.05) is 13.2 Å². The van der Waals surface area contributed by atoms with Crippen LogP contribution in [0.5, 0.6) is 0 Å². The van der Waals surface area contributed by atoms with Crippen molar-refractivity contribution in [3.63, 3.8) is 0 Å². The lowest BCUT2D eigenvalue weighted by atomic mass is 9.57. The molecule has 3 rings (SSSR count). The number of ether oxygens (including phenoxy) is 1. The molecule has 20 heavy (non-hydrogen) atoms. The SMILES string of the molecule is O=C(O)C1(Sc2ccccc2F)CC2(CCOCC2)C1. The second kappa shape index (κ2) is 5.04. The Labute approximate surface area is 121 Å². The minimum absolute atomic E-state index is 0.0922. The number of carbonyl (C=O) groups is 1. The largest absolute Gasteiger partial charge is 0.480 e. The Kier molecular flexibility index (Phi) is 3.50. The first-order valence-corrected chi connectivity index (χ1v) is 7.62. The molecule has 1 saturated carbocycles. The molecule has 0 unspecified atom stereocenters. The van der Waals surface area contributed by atoms with Gasteiger partial charge in [0.05, 0.1) is 0 Å². The Bertz CT molecular complexity index is 518. The van der Waals surface area contributed by atoms with Crippen molar-refractivity contribution in [1.82, 2.24) is 0 Å². The number of rotatable bonds is 3. The predicted molar refractivity (Wildman–Crippen MR) is 74.3 cm³/mol. The number of hydrogen-bond donors (Lipinski definition) is 1.